The summed E-state index contributed by atoms with van der Waals surface area (Å²) in [4.78, 5) is 25.8. The van der Waals surface area contributed by atoms with Crippen molar-refractivity contribution in [2.45, 2.75) is 134 Å². The molecule has 0 aromatic heterocycles. The SMILES string of the molecule is C[C@H]1[C@H](OC(=O)CCCCCCCCc2ccc3ccccc3c2)[C@@H](NC(=O)CCCCCCCCc2ccc3ccccc3c2)C(O)O[C@@H]1CO. The minimum absolute atomic E-state index is 0.194. The van der Waals surface area contributed by atoms with Gasteiger partial charge in [-0.15, -0.1) is 0 Å². The third-order valence-electron chi connectivity index (χ3n) is 10.7. The summed E-state index contributed by atoms with van der Waals surface area (Å²) in [7, 11) is 0. The molecule has 4 aromatic rings. The summed E-state index contributed by atoms with van der Waals surface area (Å²) in [6.45, 7) is 1.51. The van der Waals surface area contributed by atoms with E-state index in [4.69, 9.17) is 9.47 Å². The Bertz CT molecular complexity index is 1690. The van der Waals surface area contributed by atoms with Crippen molar-refractivity contribution in [2.75, 3.05) is 6.61 Å². The Labute approximate surface area is 310 Å². The highest BCUT2D eigenvalue weighted by Gasteiger charge is 2.45. The highest BCUT2D eigenvalue weighted by Crippen LogP contribution is 2.28. The van der Waals surface area contributed by atoms with Gasteiger partial charge >= 0.3 is 5.97 Å². The maximum atomic E-state index is 12.9. The van der Waals surface area contributed by atoms with Gasteiger partial charge in [0, 0.05) is 18.8 Å². The summed E-state index contributed by atoms with van der Waals surface area (Å²) in [6, 6.07) is 29.5. The van der Waals surface area contributed by atoms with Crippen LogP contribution in [0.25, 0.3) is 21.5 Å². The molecule has 1 unspecified atom stereocenters. The Kier molecular flexibility index (Phi) is 16.0. The summed E-state index contributed by atoms with van der Waals surface area (Å²) in [6.07, 6.45) is 12.3. The number of nitrogens with one attached hydrogen (secondary N) is 1. The van der Waals surface area contributed by atoms with Gasteiger partial charge in [-0.05, 0) is 71.2 Å². The minimum Gasteiger partial charge on any atom is -0.460 e. The Hall–Kier alpha value is -3.78. The molecule has 0 radical (unpaired) electrons. The van der Waals surface area contributed by atoms with Gasteiger partial charge in [-0.1, -0.05) is 143 Å². The van der Waals surface area contributed by atoms with E-state index in [1.165, 1.54) is 32.7 Å². The molecule has 0 bridgehead atoms. The first kappa shape index (κ1) is 39.4. The van der Waals surface area contributed by atoms with Crippen LogP contribution in [0.3, 0.4) is 0 Å². The Morgan fingerprint density at radius 3 is 1.67 bits per heavy atom. The highest BCUT2D eigenvalue weighted by molar-refractivity contribution is 5.83. The predicted octanol–water partition coefficient (Wildman–Crippen LogP) is 8.98. The van der Waals surface area contributed by atoms with E-state index in [1.807, 2.05) is 6.92 Å². The number of benzene rings is 4. The van der Waals surface area contributed by atoms with Crippen molar-refractivity contribution in [2.24, 2.45) is 5.92 Å². The van der Waals surface area contributed by atoms with Gasteiger partial charge in [-0.25, -0.2) is 0 Å². The number of aliphatic hydroxyl groups excluding tert-OH is 2. The first-order valence-electron chi connectivity index (χ1n) is 19.8. The van der Waals surface area contributed by atoms with Crippen molar-refractivity contribution in [3.05, 3.63) is 96.1 Å². The molecule has 1 aliphatic heterocycles. The molecule has 3 N–H and O–H groups in total. The molecule has 5 atom stereocenters. The zero-order chi connectivity index (χ0) is 36.5. The Morgan fingerprint density at radius 1 is 0.654 bits per heavy atom. The lowest BCUT2D eigenvalue weighted by Gasteiger charge is -2.43. The van der Waals surface area contributed by atoms with E-state index < -0.39 is 24.5 Å². The fraction of sp³-hybridized carbons (Fsp3) is 0.511. The zero-order valence-electron chi connectivity index (χ0n) is 31.0. The van der Waals surface area contributed by atoms with Crippen molar-refractivity contribution < 1.29 is 29.3 Å². The number of aryl methyl sites for hydroxylation is 2. The quantitative estimate of drug-likeness (QED) is 0.0590. The van der Waals surface area contributed by atoms with Crippen molar-refractivity contribution >= 4 is 33.4 Å². The number of hydrogen-bond acceptors (Lipinski definition) is 6. The van der Waals surface area contributed by atoms with E-state index in [1.54, 1.807) is 0 Å². The van der Waals surface area contributed by atoms with Gasteiger partial charge < -0.3 is 25.0 Å². The topological polar surface area (TPSA) is 105 Å². The van der Waals surface area contributed by atoms with E-state index in [-0.39, 0.29) is 30.8 Å². The summed E-state index contributed by atoms with van der Waals surface area (Å²) < 4.78 is 11.5. The summed E-state index contributed by atoms with van der Waals surface area (Å²) in [5.74, 6) is -0.932. The number of hydrogen-bond donors (Lipinski definition) is 3. The predicted molar refractivity (Wildman–Crippen MR) is 209 cm³/mol. The second-order valence-electron chi connectivity index (χ2n) is 14.8. The number of esters is 1. The first-order chi connectivity index (χ1) is 25.4. The van der Waals surface area contributed by atoms with Crippen LogP contribution >= 0.6 is 0 Å². The van der Waals surface area contributed by atoms with Gasteiger partial charge in [0.1, 0.15) is 12.1 Å². The number of rotatable bonds is 21. The van der Waals surface area contributed by atoms with Crippen molar-refractivity contribution in [3.8, 4) is 0 Å². The minimum atomic E-state index is -1.37. The molecule has 5 rings (SSSR count). The monoisotopic (exact) mass is 709 g/mol. The molecule has 0 spiro atoms. The van der Waals surface area contributed by atoms with Crippen LogP contribution in [0.4, 0.5) is 0 Å². The van der Waals surface area contributed by atoms with Crippen LogP contribution in [0.2, 0.25) is 0 Å². The van der Waals surface area contributed by atoms with Gasteiger partial charge in [0.15, 0.2) is 6.29 Å². The smallest absolute Gasteiger partial charge is 0.306 e. The first-order valence-corrected chi connectivity index (χ1v) is 19.8. The molecule has 1 amide bonds. The van der Waals surface area contributed by atoms with Gasteiger partial charge in [-0.3, -0.25) is 9.59 Å². The number of carbonyl (C=O) groups is 2. The molecule has 280 valence electrons. The molecule has 7 nitrogen and oxygen atoms in total. The van der Waals surface area contributed by atoms with Crippen LogP contribution in [0.5, 0.6) is 0 Å². The Morgan fingerprint density at radius 2 is 1.13 bits per heavy atom. The lowest BCUT2D eigenvalue weighted by atomic mass is 9.89. The molecule has 1 heterocycles. The Balaban J connectivity index is 0.939. The maximum Gasteiger partial charge on any atom is 0.306 e. The van der Waals surface area contributed by atoms with Crippen LogP contribution in [0.1, 0.15) is 108 Å². The maximum absolute atomic E-state index is 12.9. The molecule has 1 fully saturated rings. The number of carbonyl (C=O) groups excluding carboxylic acids is 2. The number of fused-ring (bicyclic) bond motifs is 2. The largest absolute Gasteiger partial charge is 0.460 e. The summed E-state index contributed by atoms with van der Waals surface area (Å²) in [5.41, 5.74) is 2.75. The van der Waals surface area contributed by atoms with E-state index >= 15 is 0 Å². The average molecular weight is 710 g/mol. The number of aliphatic hydroxyl groups is 2. The molecule has 1 aliphatic rings. The van der Waals surface area contributed by atoms with Crippen molar-refractivity contribution in [3.63, 3.8) is 0 Å². The fourth-order valence-electron chi connectivity index (χ4n) is 7.52. The van der Waals surface area contributed by atoms with Crippen LogP contribution in [-0.2, 0) is 31.9 Å². The highest BCUT2D eigenvalue weighted by atomic mass is 16.6. The van der Waals surface area contributed by atoms with E-state index in [0.717, 1.165) is 89.9 Å². The van der Waals surface area contributed by atoms with Crippen molar-refractivity contribution in [1.29, 1.82) is 0 Å². The van der Waals surface area contributed by atoms with Gasteiger partial charge in [0.25, 0.3) is 0 Å². The van der Waals surface area contributed by atoms with Crippen LogP contribution < -0.4 is 5.32 Å². The number of ether oxygens (including phenoxy) is 2. The molecule has 0 saturated carbocycles. The molecule has 1 saturated heterocycles. The van der Waals surface area contributed by atoms with Crippen LogP contribution in [-0.4, -0.2) is 53.2 Å². The molecule has 7 heteroatoms. The van der Waals surface area contributed by atoms with E-state index in [0.29, 0.717) is 6.42 Å². The van der Waals surface area contributed by atoms with Crippen LogP contribution in [0, 0.1) is 5.92 Å². The van der Waals surface area contributed by atoms with E-state index in [2.05, 4.69) is 90.2 Å². The third-order valence-corrected chi connectivity index (χ3v) is 10.7. The lowest BCUT2D eigenvalue weighted by molar-refractivity contribution is -0.241. The second kappa shape index (κ2) is 21.1. The van der Waals surface area contributed by atoms with Crippen molar-refractivity contribution in [1.82, 2.24) is 5.32 Å². The standard InChI is InChI=1S/C45H59NO6/c1-33-40(32-47)51-45(50)43(46-41(48)24-12-8-4-2-6-10-18-34-26-28-36-20-14-16-22-38(36)30-34)44(33)52-42(49)25-13-9-5-3-7-11-19-35-27-29-37-21-15-17-23-39(37)31-35/h14-17,20-23,26-31,33,40,43-45,47,50H,2-13,18-19,24-25,32H2,1H3,(H,46,48)/t33-,40-,43-,44+,45?/m1/s1. The normalized spacial score (nSPS) is 20.2. The number of amides is 1. The zero-order valence-corrected chi connectivity index (χ0v) is 31.0. The lowest BCUT2D eigenvalue weighted by Crippen LogP contribution is -2.62. The van der Waals surface area contributed by atoms with Gasteiger partial charge in [0.05, 0.1) is 12.7 Å². The molecule has 0 aliphatic carbocycles. The van der Waals surface area contributed by atoms with Gasteiger partial charge in [-0.2, -0.15) is 0 Å². The molecule has 52 heavy (non-hydrogen) atoms. The average Bonchev–Trinajstić information content (AvgIpc) is 3.16. The summed E-state index contributed by atoms with van der Waals surface area (Å²) in [5, 5.41) is 28.6. The molecule has 4 aromatic carbocycles. The van der Waals surface area contributed by atoms with E-state index in [9.17, 15) is 19.8 Å². The summed E-state index contributed by atoms with van der Waals surface area (Å²) >= 11 is 0. The van der Waals surface area contributed by atoms with Crippen LogP contribution in [0.15, 0.2) is 84.9 Å². The second-order valence-corrected chi connectivity index (χ2v) is 14.8. The fourth-order valence-corrected chi connectivity index (χ4v) is 7.52. The number of unbranched alkanes of at least 4 members (excludes halogenated alkanes) is 10. The molecular weight excluding hydrogens is 650 g/mol. The molecular formula is C45H59NO6. The third kappa shape index (κ3) is 12.1. The van der Waals surface area contributed by atoms with Gasteiger partial charge in [0.2, 0.25) is 5.91 Å².